The summed E-state index contributed by atoms with van der Waals surface area (Å²) in [6.07, 6.45) is 5.96. The maximum absolute atomic E-state index is 4.49. The Morgan fingerprint density at radius 1 is 1.22 bits per heavy atom. The number of nitrogens with zero attached hydrogens (tertiary/aromatic N) is 1. The normalized spacial score (nSPS) is 16.9. The Balaban J connectivity index is 1.71. The fourth-order valence-electron chi connectivity index (χ4n) is 2.60. The molecule has 1 saturated carbocycles. The topological polar surface area (TPSA) is 24.9 Å². The Hall–Kier alpha value is -1.41. The first-order valence-corrected chi connectivity index (χ1v) is 6.86. The number of para-hydroxylation sites is 1. The molecule has 1 fully saturated rings. The lowest BCUT2D eigenvalue weighted by atomic mass is 10.0. The third-order valence-electron chi connectivity index (χ3n) is 4.24. The number of fused-ring (bicyclic) bond motifs is 1. The fourth-order valence-corrected chi connectivity index (χ4v) is 2.60. The molecule has 0 unspecified atom stereocenters. The van der Waals surface area contributed by atoms with Crippen LogP contribution in [0.1, 0.15) is 31.7 Å². The van der Waals surface area contributed by atoms with Gasteiger partial charge in [0.15, 0.2) is 0 Å². The van der Waals surface area contributed by atoms with E-state index in [-0.39, 0.29) is 0 Å². The van der Waals surface area contributed by atoms with Gasteiger partial charge in [0.25, 0.3) is 0 Å². The number of rotatable bonds is 5. The van der Waals surface area contributed by atoms with Gasteiger partial charge < -0.3 is 5.32 Å². The number of hydrogen-bond donors (Lipinski definition) is 1. The maximum Gasteiger partial charge on any atom is 0.0746 e. The molecule has 0 radical (unpaired) electrons. The van der Waals surface area contributed by atoms with Crippen molar-refractivity contribution in [2.24, 2.45) is 5.41 Å². The summed E-state index contributed by atoms with van der Waals surface area (Å²) >= 11 is 0. The summed E-state index contributed by atoms with van der Waals surface area (Å²) in [6, 6.07) is 10.5. The van der Waals surface area contributed by atoms with Crippen LogP contribution in [0.2, 0.25) is 0 Å². The zero-order chi connectivity index (χ0) is 12.4. The van der Waals surface area contributed by atoms with E-state index in [9.17, 15) is 0 Å². The number of benzene rings is 1. The van der Waals surface area contributed by atoms with Crippen molar-refractivity contribution in [3.8, 4) is 0 Å². The van der Waals surface area contributed by atoms with Gasteiger partial charge in [0.1, 0.15) is 0 Å². The predicted octanol–water partition coefficient (Wildman–Crippen LogP) is 3.51. The molecule has 0 spiro atoms. The van der Waals surface area contributed by atoms with E-state index in [1.165, 1.54) is 30.2 Å². The third-order valence-corrected chi connectivity index (χ3v) is 4.24. The Morgan fingerprint density at radius 3 is 2.83 bits per heavy atom. The lowest BCUT2D eigenvalue weighted by Crippen LogP contribution is -2.23. The van der Waals surface area contributed by atoms with Gasteiger partial charge in [-0.15, -0.1) is 0 Å². The molecule has 1 aromatic heterocycles. The molecular weight excluding hydrogens is 220 g/mol. The first kappa shape index (κ1) is 11.7. The summed E-state index contributed by atoms with van der Waals surface area (Å²) in [5.41, 5.74) is 3.05. The van der Waals surface area contributed by atoms with E-state index in [0.717, 1.165) is 18.6 Å². The minimum Gasteiger partial charge on any atom is -0.312 e. The van der Waals surface area contributed by atoms with Gasteiger partial charge in [-0.3, -0.25) is 4.98 Å². The third kappa shape index (κ3) is 2.25. The first-order chi connectivity index (χ1) is 8.83. The summed E-state index contributed by atoms with van der Waals surface area (Å²) in [5.74, 6) is 0. The lowest BCUT2D eigenvalue weighted by molar-refractivity contribution is 0.444. The van der Waals surface area contributed by atoms with Crippen LogP contribution in [0.15, 0.2) is 36.5 Å². The molecule has 2 heteroatoms. The van der Waals surface area contributed by atoms with E-state index in [0.29, 0.717) is 5.41 Å². The molecule has 3 rings (SSSR count). The van der Waals surface area contributed by atoms with E-state index in [4.69, 9.17) is 0 Å². The van der Waals surface area contributed by atoms with Gasteiger partial charge in [-0.05, 0) is 36.3 Å². The van der Waals surface area contributed by atoms with E-state index < -0.39 is 0 Å². The predicted molar refractivity (Wildman–Crippen MR) is 75.4 cm³/mol. The molecule has 0 bridgehead atoms. The van der Waals surface area contributed by atoms with Crippen molar-refractivity contribution in [1.82, 2.24) is 10.3 Å². The van der Waals surface area contributed by atoms with Crippen LogP contribution in [-0.4, -0.2) is 11.5 Å². The highest BCUT2D eigenvalue weighted by atomic mass is 14.9. The molecule has 1 aliphatic rings. The molecule has 0 aliphatic heterocycles. The molecular formula is C16H20N2. The number of nitrogens with one attached hydrogen (secondary N) is 1. The van der Waals surface area contributed by atoms with Crippen molar-refractivity contribution in [1.29, 1.82) is 0 Å². The van der Waals surface area contributed by atoms with Gasteiger partial charge in [0.05, 0.1) is 5.52 Å². The molecule has 1 heterocycles. The van der Waals surface area contributed by atoms with Crippen molar-refractivity contribution >= 4 is 10.9 Å². The molecule has 94 valence electrons. The number of pyridine rings is 1. The lowest BCUT2D eigenvalue weighted by Gasteiger charge is -2.14. The fraction of sp³-hybridized carbons (Fsp3) is 0.438. The highest BCUT2D eigenvalue weighted by molar-refractivity contribution is 5.81. The van der Waals surface area contributed by atoms with Crippen molar-refractivity contribution in [3.05, 3.63) is 42.1 Å². The number of hydrogen-bond acceptors (Lipinski definition) is 2. The molecule has 1 aliphatic carbocycles. The Morgan fingerprint density at radius 2 is 2.06 bits per heavy atom. The van der Waals surface area contributed by atoms with Crippen molar-refractivity contribution < 1.29 is 0 Å². The van der Waals surface area contributed by atoms with Gasteiger partial charge in [0.2, 0.25) is 0 Å². The largest absolute Gasteiger partial charge is 0.312 e. The smallest absolute Gasteiger partial charge is 0.0746 e. The zero-order valence-corrected chi connectivity index (χ0v) is 10.9. The highest BCUT2D eigenvalue weighted by Crippen LogP contribution is 2.47. The Bertz CT molecular complexity index is 538. The second kappa shape index (κ2) is 4.69. The van der Waals surface area contributed by atoms with Crippen LogP contribution in [0, 0.1) is 5.41 Å². The SMILES string of the molecule is CCC1(CNCc2cccc3cccnc23)CC1. The monoisotopic (exact) mass is 240 g/mol. The van der Waals surface area contributed by atoms with E-state index in [2.05, 4.69) is 41.5 Å². The highest BCUT2D eigenvalue weighted by Gasteiger charge is 2.39. The van der Waals surface area contributed by atoms with Crippen LogP contribution in [0.3, 0.4) is 0 Å². The van der Waals surface area contributed by atoms with Gasteiger partial charge in [-0.2, -0.15) is 0 Å². The van der Waals surface area contributed by atoms with Crippen LogP contribution in [-0.2, 0) is 6.54 Å². The van der Waals surface area contributed by atoms with Crippen LogP contribution >= 0.6 is 0 Å². The molecule has 1 N–H and O–H groups in total. The average Bonchev–Trinajstić information content (AvgIpc) is 3.20. The quantitative estimate of drug-likeness (QED) is 0.865. The van der Waals surface area contributed by atoms with Crippen molar-refractivity contribution in [2.45, 2.75) is 32.7 Å². The molecule has 2 aromatic rings. The first-order valence-electron chi connectivity index (χ1n) is 6.86. The van der Waals surface area contributed by atoms with E-state index in [1.807, 2.05) is 12.3 Å². The van der Waals surface area contributed by atoms with E-state index in [1.54, 1.807) is 0 Å². The maximum atomic E-state index is 4.49. The summed E-state index contributed by atoms with van der Waals surface area (Å²) in [7, 11) is 0. The van der Waals surface area contributed by atoms with E-state index >= 15 is 0 Å². The molecule has 0 amide bonds. The minimum absolute atomic E-state index is 0.609. The van der Waals surface area contributed by atoms with Crippen LogP contribution in [0.5, 0.6) is 0 Å². The molecule has 0 atom stereocenters. The summed E-state index contributed by atoms with van der Waals surface area (Å²) in [5, 5.41) is 4.84. The summed E-state index contributed by atoms with van der Waals surface area (Å²) in [6.45, 7) is 4.37. The zero-order valence-electron chi connectivity index (χ0n) is 10.9. The second-order valence-corrected chi connectivity index (χ2v) is 5.45. The van der Waals surface area contributed by atoms with Crippen LogP contribution < -0.4 is 5.32 Å². The van der Waals surface area contributed by atoms with Crippen molar-refractivity contribution in [3.63, 3.8) is 0 Å². The standard InChI is InChI=1S/C16H20N2/c1-2-16(8-9-16)12-17-11-14-6-3-5-13-7-4-10-18-15(13)14/h3-7,10,17H,2,8-9,11-12H2,1H3. The van der Waals surface area contributed by atoms with Gasteiger partial charge in [0, 0.05) is 24.7 Å². The molecule has 2 nitrogen and oxygen atoms in total. The summed E-state index contributed by atoms with van der Waals surface area (Å²) < 4.78 is 0. The average molecular weight is 240 g/mol. The number of aromatic nitrogens is 1. The Labute approximate surface area is 108 Å². The van der Waals surface area contributed by atoms with Crippen molar-refractivity contribution in [2.75, 3.05) is 6.54 Å². The van der Waals surface area contributed by atoms with Crippen LogP contribution in [0.25, 0.3) is 10.9 Å². The van der Waals surface area contributed by atoms with Gasteiger partial charge >= 0.3 is 0 Å². The Kier molecular flexibility index (Phi) is 3.04. The second-order valence-electron chi connectivity index (χ2n) is 5.45. The minimum atomic E-state index is 0.609. The molecule has 18 heavy (non-hydrogen) atoms. The summed E-state index contributed by atoms with van der Waals surface area (Å²) in [4.78, 5) is 4.49. The van der Waals surface area contributed by atoms with Gasteiger partial charge in [-0.1, -0.05) is 31.2 Å². The molecule has 1 aromatic carbocycles. The van der Waals surface area contributed by atoms with Gasteiger partial charge in [-0.25, -0.2) is 0 Å². The van der Waals surface area contributed by atoms with Crippen LogP contribution in [0.4, 0.5) is 0 Å². The molecule has 0 saturated heterocycles.